The van der Waals surface area contributed by atoms with Gasteiger partial charge >= 0.3 is 0 Å². The van der Waals surface area contributed by atoms with E-state index < -0.39 is 0 Å². The van der Waals surface area contributed by atoms with Gasteiger partial charge in [0.1, 0.15) is 11.5 Å². The van der Waals surface area contributed by atoms with Gasteiger partial charge in [0.2, 0.25) is 0 Å². The second-order valence-electron chi connectivity index (χ2n) is 4.80. The van der Waals surface area contributed by atoms with E-state index in [1.165, 1.54) is 0 Å². The lowest BCUT2D eigenvalue weighted by molar-refractivity contribution is 0.0739. The first-order valence-corrected chi connectivity index (χ1v) is 7.61. The van der Waals surface area contributed by atoms with Gasteiger partial charge in [0.25, 0.3) is 5.91 Å². The number of halogens is 1. The first-order chi connectivity index (χ1) is 10.3. The third-order valence-corrected chi connectivity index (χ3v) is 4.14. The van der Waals surface area contributed by atoms with Crippen LogP contribution in [0.5, 0.6) is 0 Å². The lowest BCUT2D eigenvalue weighted by Gasteiger charge is -2.35. The smallest absolute Gasteiger partial charge is 0.273 e. The Labute approximate surface area is 131 Å². The molecule has 6 heteroatoms. The van der Waals surface area contributed by atoms with Crippen LogP contribution in [0.1, 0.15) is 10.5 Å². The van der Waals surface area contributed by atoms with E-state index in [4.69, 9.17) is 0 Å². The Kier molecular flexibility index (Phi) is 4.15. The fraction of sp³-hybridized carbons (Fsp3) is 0.267. The molecule has 0 N–H and O–H groups in total. The fourth-order valence-corrected chi connectivity index (χ4v) is 2.80. The molecule has 0 aliphatic carbocycles. The quantitative estimate of drug-likeness (QED) is 0.836. The summed E-state index contributed by atoms with van der Waals surface area (Å²) >= 11 is 3.38. The number of hydrogen-bond acceptors (Lipinski definition) is 4. The predicted molar refractivity (Wildman–Crippen MR) is 84.3 cm³/mol. The third kappa shape index (κ3) is 3.05. The summed E-state index contributed by atoms with van der Waals surface area (Å²) in [5.74, 6) is 0.937. The summed E-state index contributed by atoms with van der Waals surface area (Å²) in [6.07, 6.45) is 3.43. The molecule has 1 aliphatic heterocycles. The van der Waals surface area contributed by atoms with Crippen LogP contribution in [0.2, 0.25) is 0 Å². The molecule has 1 saturated heterocycles. The van der Waals surface area contributed by atoms with E-state index in [-0.39, 0.29) is 5.91 Å². The summed E-state index contributed by atoms with van der Waals surface area (Å²) in [6.45, 7) is 2.93. The molecule has 0 atom stereocenters. The summed E-state index contributed by atoms with van der Waals surface area (Å²) in [6, 6.07) is 9.52. The molecule has 0 unspecified atom stereocenters. The van der Waals surface area contributed by atoms with Crippen LogP contribution in [0.15, 0.2) is 47.2 Å². The van der Waals surface area contributed by atoms with E-state index >= 15 is 0 Å². The minimum atomic E-state index is -0.0249. The standard InChI is InChI=1S/C15H15BrN4O/c16-12-4-3-7-18-14(12)15(21)20-10-8-19(9-11-20)13-5-1-2-6-17-13/h1-7H,8-11H2. The van der Waals surface area contributed by atoms with Crippen molar-refractivity contribution in [1.29, 1.82) is 0 Å². The first kappa shape index (κ1) is 14.0. The van der Waals surface area contributed by atoms with E-state index in [1.807, 2.05) is 29.2 Å². The Balaban J connectivity index is 1.66. The Morgan fingerprint density at radius 1 is 1.00 bits per heavy atom. The number of amides is 1. The number of aromatic nitrogens is 2. The van der Waals surface area contributed by atoms with Crippen molar-refractivity contribution in [2.75, 3.05) is 31.1 Å². The molecule has 0 spiro atoms. The molecule has 1 fully saturated rings. The van der Waals surface area contributed by atoms with Crippen LogP contribution in [-0.4, -0.2) is 47.0 Å². The number of anilines is 1. The molecule has 108 valence electrons. The molecule has 0 radical (unpaired) electrons. The molecule has 2 aromatic heterocycles. The maximum absolute atomic E-state index is 12.5. The first-order valence-electron chi connectivity index (χ1n) is 6.81. The van der Waals surface area contributed by atoms with Gasteiger partial charge in [-0.05, 0) is 40.2 Å². The highest BCUT2D eigenvalue weighted by Gasteiger charge is 2.24. The molecule has 1 aliphatic rings. The number of nitrogens with zero attached hydrogens (tertiary/aromatic N) is 4. The van der Waals surface area contributed by atoms with Crippen molar-refractivity contribution < 1.29 is 4.79 Å². The van der Waals surface area contributed by atoms with E-state index in [2.05, 4.69) is 30.8 Å². The number of piperazine rings is 1. The third-order valence-electron chi connectivity index (χ3n) is 3.50. The number of carbonyl (C=O) groups excluding carboxylic acids is 1. The molecule has 0 bridgehead atoms. The average molecular weight is 347 g/mol. The van der Waals surface area contributed by atoms with Crippen LogP contribution in [0, 0.1) is 0 Å². The van der Waals surface area contributed by atoms with Crippen LogP contribution in [0.3, 0.4) is 0 Å². The topological polar surface area (TPSA) is 49.3 Å². The highest BCUT2D eigenvalue weighted by molar-refractivity contribution is 9.10. The second kappa shape index (κ2) is 6.22. The highest BCUT2D eigenvalue weighted by atomic mass is 79.9. The Bertz CT molecular complexity index is 627. The van der Waals surface area contributed by atoms with Crippen LogP contribution in [-0.2, 0) is 0 Å². The molecule has 0 saturated carbocycles. The summed E-state index contributed by atoms with van der Waals surface area (Å²) in [7, 11) is 0. The van der Waals surface area contributed by atoms with Gasteiger partial charge in [0, 0.05) is 43.0 Å². The fourth-order valence-electron chi connectivity index (χ4n) is 2.37. The van der Waals surface area contributed by atoms with E-state index in [1.54, 1.807) is 18.5 Å². The van der Waals surface area contributed by atoms with E-state index in [0.717, 1.165) is 23.4 Å². The van der Waals surface area contributed by atoms with Crippen molar-refractivity contribution in [2.24, 2.45) is 0 Å². The maximum atomic E-state index is 12.5. The normalized spacial score (nSPS) is 15.1. The van der Waals surface area contributed by atoms with Gasteiger partial charge in [-0.1, -0.05) is 6.07 Å². The molecular weight excluding hydrogens is 332 g/mol. The number of pyridine rings is 2. The Morgan fingerprint density at radius 2 is 1.76 bits per heavy atom. The van der Waals surface area contributed by atoms with Crippen LogP contribution in [0.4, 0.5) is 5.82 Å². The average Bonchev–Trinajstić information content (AvgIpc) is 2.56. The van der Waals surface area contributed by atoms with Crippen LogP contribution < -0.4 is 4.90 Å². The molecule has 2 aromatic rings. The predicted octanol–water partition coefficient (Wildman–Crippen LogP) is 2.20. The number of hydrogen-bond donors (Lipinski definition) is 0. The van der Waals surface area contributed by atoms with Gasteiger partial charge in [-0.3, -0.25) is 4.79 Å². The van der Waals surface area contributed by atoms with Gasteiger partial charge < -0.3 is 9.80 Å². The molecule has 5 nitrogen and oxygen atoms in total. The zero-order valence-electron chi connectivity index (χ0n) is 11.4. The van der Waals surface area contributed by atoms with Gasteiger partial charge in [-0.2, -0.15) is 0 Å². The van der Waals surface area contributed by atoms with Crippen molar-refractivity contribution in [3.63, 3.8) is 0 Å². The highest BCUT2D eigenvalue weighted by Crippen LogP contribution is 2.18. The minimum absolute atomic E-state index is 0.0249. The molecule has 0 aromatic carbocycles. The van der Waals surface area contributed by atoms with Gasteiger partial charge in [-0.15, -0.1) is 0 Å². The van der Waals surface area contributed by atoms with E-state index in [9.17, 15) is 4.79 Å². The van der Waals surface area contributed by atoms with Crippen molar-refractivity contribution in [3.8, 4) is 0 Å². The SMILES string of the molecule is O=C(c1ncccc1Br)N1CCN(c2ccccn2)CC1. The summed E-state index contributed by atoms with van der Waals surface area (Å²) in [5.41, 5.74) is 0.476. The summed E-state index contributed by atoms with van der Waals surface area (Å²) in [4.78, 5) is 25.0. The Morgan fingerprint density at radius 3 is 2.43 bits per heavy atom. The lowest BCUT2D eigenvalue weighted by Crippen LogP contribution is -2.49. The summed E-state index contributed by atoms with van der Waals surface area (Å²) in [5, 5.41) is 0. The number of rotatable bonds is 2. The summed E-state index contributed by atoms with van der Waals surface area (Å²) < 4.78 is 0.738. The molecule has 1 amide bonds. The van der Waals surface area contributed by atoms with Gasteiger partial charge in [0.15, 0.2) is 0 Å². The van der Waals surface area contributed by atoms with Gasteiger partial charge in [0.05, 0.1) is 0 Å². The van der Waals surface area contributed by atoms with Crippen molar-refractivity contribution >= 4 is 27.7 Å². The molecule has 3 rings (SSSR count). The molecule has 3 heterocycles. The zero-order valence-corrected chi connectivity index (χ0v) is 13.0. The van der Waals surface area contributed by atoms with Gasteiger partial charge in [-0.25, -0.2) is 9.97 Å². The van der Waals surface area contributed by atoms with Crippen LogP contribution >= 0.6 is 15.9 Å². The molecular formula is C15H15BrN4O. The molecule has 21 heavy (non-hydrogen) atoms. The minimum Gasteiger partial charge on any atom is -0.353 e. The Hall–Kier alpha value is -1.95. The van der Waals surface area contributed by atoms with E-state index in [0.29, 0.717) is 18.8 Å². The zero-order chi connectivity index (χ0) is 14.7. The van der Waals surface area contributed by atoms with Crippen molar-refractivity contribution in [2.45, 2.75) is 0 Å². The maximum Gasteiger partial charge on any atom is 0.273 e. The second-order valence-corrected chi connectivity index (χ2v) is 5.66. The lowest BCUT2D eigenvalue weighted by atomic mass is 10.2. The van der Waals surface area contributed by atoms with Crippen molar-refractivity contribution in [1.82, 2.24) is 14.9 Å². The van der Waals surface area contributed by atoms with Crippen LogP contribution in [0.25, 0.3) is 0 Å². The van der Waals surface area contributed by atoms with Crippen molar-refractivity contribution in [3.05, 3.63) is 52.9 Å². The largest absolute Gasteiger partial charge is 0.353 e. The monoisotopic (exact) mass is 346 g/mol. The number of carbonyl (C=O) groups is 1.